The number of rotatable bonds is 7. The van der Waals surface area contributed by atoms with E-state index in [-0.39, 0.29) is 5.69 Å². The zero-order chi connectivity index (χ0) is 15.8. The lowest BCUT2D eigenvalue weighted by molar-refractivity contribution is -0.384. The molecule has 114 valence electrons. The molecule has 0 atom stereocenters. The number of nitro groups is 1. The third-order valence-electron chi connectivity index (χ3n) is 2.44. The van der Waals surface area contributed by atoms with E-state index in [4.69, 9.17) is 10.5 Å². The van der Waals surface area contributed by atoms with Gasteiger partial charge in [-0.3, -0.25) is 20.2 Å². The molecule has 1 aromatic carbocycles. The molecule has 0 aliphatic carbocycles. The molecule has 0 unspecified atom stereocenters. The lowest BCUT2D eigenvalue weighted by Gasteiger charge is -2.11. The van der Waals surface area contributed by atoms with Crippen LogP contribution in [0.3, 0.4) is 0 Å². The molecule has 9 heteroatoms. The lowest BCUT2D eigenvalue weighted by Crippen LogP contribution is -2.38. The molecular weight excluding hydrogens is 280 g/mol. The molecule has 1 aromatic rings. The number of urea groups is 1. The van der Waals surface area contributed by atoms with Crippen molar-refractivity contribution in [1.82, 2.24) is 10.6 Å². The first-order valence-corrected chi connectivity index (χ1v) is 6.14. The van der Waals surface area contributed by atoms with Crippen LogP contribution in [-0.2, 0) is 11.3 Å². The van der Waals surface area contributed by atoms with Crippen LogP contribution in [0.15, 0.2) is 18.2 Å². The highest BCUT2D eigenvalue weighted by Gasteiger charge is 2.13. The highest BCUT2D eigenvalue weighted by atomic mass is 16.6. The monoisotopic (exact) mass is 296 g/mol. The van der Waals surface area contributed by atoms with Gasteiger partial charge in [0, 0.05) is 24.2 Å². The molecule has 0 heterocycles. The second kappa shape index (κ2) is 7.80. The van der Waals surface area contributed by atoms with Crippen molar-refractivity contribution in [2.45, 2.75) is 13.5 Å². The van der Waals surface area contributed by atoms with E-state index >= 15 is 0 Å². The number of hydrogen-bond acceptors (Lipinski definition) is 6. The molecular formula is C12H16N4O5. The number of nitrogens with one attached hydrogen (secondary N) is 2. The Hall–Kier alpha value is -2.68. The van der Waals surface area contributed by atoms with Gasteiger partial charge >= 0.3 is 6.03 Å². The van der Waals surface area contributed by atoms with E-state index in [2.05, 4.69) is 5.32 Å². The van der Waals surface area contributed by atoms with Crippen LogP contribution in [0.25, 0.3) is 0 Å². The van der Waals surface area contributed by atoms with Crippen molar-refractivity contribution < 1.29 is 19.2 Å². The van der Waals surface area contributed by atoms with Crippen molar-refractivity contribution in [3.8, 4) is 5.75 Å². The average Bonchev–Trinajstić information content (AvgIpc) is 2.42. The summed E-state index contributed by atoms with van der Waals surface area (Å²) >= 11 is 0. The Bertz CT molecular complexity index is 546. The van der Waals surface area contributed by atoms with Crippen LogP contribution < -0.4 is 21.1 Å². The Kier molecular flexibility index (Phi) is 6.08. The Morgan fingerprint density at radius 1 is 1.43 bits per heavy atom. The normalized spacial score (nSPS) is 9.95. The predicted octanol–water partition coefficient (Wildman–Crippen LogP) is 0.278. The first-order valence-electron chi connectivity index (χ1n) is 6.14. The van der Waals surface area contributed by atoms with E-state index in [0.29, 0.717) is 24.4 Å². The van der Waals surface area contributed by atoms with Gasteiger partial charge in [-0.2, -0.15) is 0 Å². The molecule has 3 amide bonds. The van der Waals surface area contributed by atoms with Crippen molar-refractivity contribution in [1.29, 1.82) is 0 Å². The third-order valence-corrected chi connectivity index (χ3v) is 2.44. The van der Waals surface area contributed by atoms with Gasteiger partial charge in [0.1, 0.15) is 5.75 Å². The maximum atomic E-state index is 11.3. The van der Waals surface area contributed by atoms with Crippen LogP contribution in [0, 0.1) is 10.1 Å². The number of ether oxygens (including phenoxy) is 1. The minimum atomic E-state index is -0.972. The maximum absolute atomic E-state index is 11.3. The summed E-state index contributed by atoms with van der Waals surface area (Å²) in [4.78, 5) is 32.0. The Morgan fingerprint density at radius 3 is 2.71 bits per heavy atom. The molecule has 4 N–H and O–H groups in total. The van der Waals surface area contributed by atoms with Crippen molar-refractivity contribution in [2.75, 3.05) is 13.2 Å². The van der Waals surface area contributed by atoms with Gasteiger partial charge in [-0.25, -0.2) is 4.79 Å². The third kappa shape index (κ3) is 5.45. The van der Waals surface area contributed by atoms with E-state index < -0.39 is 23.5 Å². The van der Waals surface area contributed by atoms with Crippen LogP contribution in [0.1, 0.15) is 12.5 Å². The van der Waals surface area contributed by atoms with E-state index in [1.54, 1.807) is 0 Å². The van der Waals surface area contributed by atoms with Crippen LogP contribution in [0.2, 0.25) is 0 Å². The Morgan fingerprint density at radius 2 is 2.14 bits per heavy atom. The number of imide groups is 1. The van der Waals surface area contributed by atoms with Gasteiger partial charge in [0.25, 0.3) is 11.6 Å². The number of benzene rings is 1. The Balaban J connectivity index is 2.81. The number of carbonyl (C=O) groups excluding carboxylic acids is 2. The van der Waals surface area contributed by atoms with Crippen molar-refractivity contribution in [3.05, 3.63) is 33.9 Å². The highest BCUT2D eigenvalue weighted by Crippen LogP contribution is 2.24. The van der Waals surface area contributed by atoms with Crippen LogP contribution in [0.5, 0.6) is 5.75 Å². The molecule has 0 aliphatic heterocycles. The second-order valence-electron chi connectivity index (χ2n) is 4.03. The standard InChI is InChI=1S/C12H16N4O5/c1-2-14-6-8-5-9(16(19)20)3-4-10(8)21-7-11(17)15-12(13)18/h3-5,14H,2,6-7H2,1H3,(H3,13,15,17,18). The van der Waals surface area contributed by atoms with Gasteiger partial charge in [0.15, 0.2) is 6.61 Å². The van der Waals surface area contributed by atoms with Crippen molar-refractivity contribution in [3.63, 3.8) is 0 Å². The van der Waals surface area contributed by atoms with E-state index in [9.17, 15) is 19.7 Å². The molecule has 21 heavy (non-hydrogen) atoms. The Labute approximate surface area is 120 Å². The molecule has 1 rings (SSSR count). The number of non-ortho nitro benzene ring substituents is 1. The van der Waals surface area contributed by atoms with Crippen LogP contribution in [0.4, 0.5) is 10.5 Å². The molecule has 0 radical (unpaired) electrons. The summed E-state index contributed by atoms with van der Waals surface area (Å²) in [6.45, 7) is 2.49. The van der Waals surface area contributed by atoms with E-state index in [1.807, 2.05) is 12.2 Å². The smallest absolute Gasteiger partial charge is 0.318 e. The summed E-state index contributed by atoms with van der Waals surface area (Å²) in [5.41, 5.74) is 5.27. The van der Waals surface area contributed by atoms with Crippen LogP contribution >= 0.6 is 0 Å². The number of primary amides is 1. The molecule has 0 aliphatic rings. The fraction of sp³-hybridized carbons (Fsp3) is 0.333. The van der Waals surface area contributed by atoms with E-state index in [0.717, 1.165) is 0 Å². The van der Waals surface area contributed by atoms with Crippen molar-refractivity contribution in [2.24, 2.45) is 5.73 Å². The number of amides is 3. The SMILES string of the molecule is CCNCc1cc([N+](=O)[O-])ccc1OCC(=O)NC(N)=O. The zero-order valence-corrected chi connectivity index (χ0v) is 11.4. The fourth-order valence-corrected chi connectivity index (χ4v) is 1.53. The lowest BCUT2D eigenvalue weighted by atomic mass is 10.1. The number of nitrogens with zero attached hydrogens (tertiary/aromatic N) is 1. The van der Waals surface area contributed by atoms with Gasteiger partial charge in [-0.15, -0.1) is 0 Å². The van der Waals surface area contributed by atoms with Crippen molar-refractivity contribution >= 4 is 17.6 Å². The number of nitro benzene ring substituents is 1. The van der Waals surface area contributed by atoms with Gasteiger partial charge < -0.3 is 15.8 Å². The van der Waals surface area contributed by atoms with Gasteiger partial charge in [-0.1, -0.05) is 6.92 Å². The van der Waals surface area contributed by atoms with Crippen LogP contribution in [-0.4, -0.2) is 30.0 Å². The summed E-state index contributed by atoms with van der Waals surface area (Å²) in [6.07, 6.45) is 0. The first-order chi connectivity index (χ1) is 9.93. The van der Waals surface area contributed by atoms with Gasteiger partial charge in [-0.05, 0) is 12.6 Å². The zero-order valence-electron chi connectivity index (χ0n) is 11.4. The topological polar surface area (TPSA) is 137 Å². The van der Waals surface area contributed by atoms with Gasteiger partial charge in [0.2, 0.25) is 0 Å². The minimum Gasteiger partial charge on any atom is -0.483 e. The summed E-state index contributed by atoms with van der Waals surface area (Å²) in [6, 6.07) is 3.07. The average molecular weight is 296 g/mol. The molecule has 0 bridgehead atoms. The summed E-state index contributed by atoms with van der Waals surface area (Å²) in [5, 5.41) is 15.6. The molecule has 9 nitrogen and oxygen atoms in total. The minimum absolute atomic E-state index is 0.0724. The molecule has 0 aromatic heterocycles. The number of nitrogens with two attached hydrogens (primary N) is 1. The summed E-state index contributed by atoms with van der Waals surface area (Å²) in [7, 11) is 0. The van der Waals surface area contributed by atoms with Gasteiger partial charge in [0.05, 0.1) is 4.92 Å². The summed E-state index contributed by atoms with van der Waals surface area (Å²) < 4.78 is 5.25. The maximum Gasteiger partial charge on any atom is 0.318 e. The fourth-order valence-electron chi connectivity index (χ4n) is 1.53. The molecule has 0 spiro atoms. The predicted molar refractivity (Wildman–Crippen MR) is 73.7 cm³/mol. The quantitative estimate of drug-likeness (QED) is 0.488. The number of carbonyl (C=O) groups is 2. The largest absolute Gasteiger partial charge is 0.483 e. The molecule has 0 saturated carbocycles. The summed E-state index contributed by atoms with van der Waals surface area (Å²) in [5.74, 6) is -0.378. The second-order valence-corrected chi connectivity index (χ2v) is 4.03. The molecule has 0 saturated heterocycles. The number of hydrogen-bond donors (Lipinski definition) is 3. The van der Waals surface area contributed by atoms with E-state index in [1.165, 1.54) is 18.2 Å². The first kappa shape index (κ1) is 16.4. The molecule has 0 fully saturated rings. The highest BCUT2D eigenvalue weighted by molar-refractivity contribution is 5.94.